The molecular formula is C13H17N3O2. The summed E-state index contributed by atoms with van der Waals surface area (Å²) in [6.07, 6.45) is 0.869. The zero-order chi connectivity index (χ0) is 13.2. The van der Waals surface area contributed by atoms with Crippen LogP contribution in [-0.4, -0.2) is 32.7 Å². The highest BCUT2D eigenvalue weighted by Crippen LogP contribution is 2.09. The number of ether oxygens (including phenoxy) is 1. The minimum atomic E-state index is -0.123. The van der Waals surface area contributed by atoms with E-state index in [1.165, 1.54) is 0 Å². The molecule has 1 rings (SSSR count). The second-order valence-electron chi connectivity index (χ2n) is 3.76. The lowest BCUT2D eigenvalue weighted by atomic mass is 10.2. The third-order valence-corrected chi connectivity index (χ3v) is 2.26. The molecule has 0 saturated carbocycles. The smallest absolute Gasteiger partial charge is 0.238 e. The Hall–Kier alpha value is -1.90. The van der Waals surface area contributed by atoms with Crippen molar-refractivity contribution in [2.24, 2.45) is 0 Å². The van der Waals surface area contributed by atoms with Crippen LogP contribution >= 0.6 is 0 Å². The molecule has 0 fully saturated rings. The Kier molecular flexibility index (Phi) is 6.47. The standard InChI is InChI=1S/C13H17N3O2/c1-18-7-3-6-15-10-13(17)16-12-5-2-4-11(8-12)9-14/h2,4-5,8,15H,3,6-7,10H2,1H3,(H,16,17). The molecule has 96 valence electrons. The summed E-state index contributed by atoms with van der Waals surface area (Å²) in [5, 5.41) is 14.5. The third-order valence-electron chi connectivity index (χ3n) is 2.26. The minimum absolute atomic E-state index is 0.123. The first-order chi connectivity index (χ1) is 8.76. The molecule has 1 aromatic carbocycles. The number of nitrogens with one attached hydrogen (secondary N) is 2. The maximum Gasteiger partial charge on any atom is 0.238 e. The van der Waals surface area contributed by atoms with Crippen molar-refractivity contribution in [1.82, 2.24) is 5.32 Å². The molecule has 0 atom stereocenters. The molecule has 0 radical (unpaired) electrons. The molecular weight excluding hydrogens is 230 g/mol. The van der Waals surface area contributed by atoms with E-state index in [0.29, 0.717) is 17.9 Å². The largest absolute Gasteiger partial charge is 0.385 e. The normalized spacial score (nSPS) is 9.78. The van der Waals surface area contributed by atoms with E-state index in [1.54, 1.807) is 31.4 Å². The van der Waals surface area contributed by atoms with Gasteiger partial charge in [0.25, 0.3) is 0 Å². The van der Waals surface area contributed by atoms with Gasteiger partial charge in [-0.05, 0) is 31.2 Å². The van der Waals surface area contributed by atoms with Crippen LogP contribution in [0.2, 0.25) is 0 Å². The lowest BCUT2D eigenvalue weighted by molar-refractivity contribution is -0.115. The van der Waals surface area contributed by atoms with Gasteiger partial charge in [0.2, 0.25) is 5.91 Å². The Morgan fingerprint density at radius 1 is 1.50 bits per heavy atom. The molecule has 0 unspecified atom stereocenters. The molecule has 5 nitrogen and oxygen atoms in total. The average Bonchev–Trinajstić information content (AvgIpc) is 2.38. The molecule has 0 bridgehead atoms. The van der Waals surface area contributed by atoms with Gasteiger partial charge >= 0.3 is 0 Å². The van der Waals surface area contributed by atoms with Crippen molar-refractivity contribution in [3.63, 3.8) is 0 Å². The Morgan fingerprint density at radius 3 is 3.06 bits per heavy atom. The molecule has 0 spiro atoms. The summed E-state index contributed by atoms with van der Waals surface area (Å²) in [4.78, 5) is 11.6. The van der Waals surface area contributed by atoms with E-state index in [-0.39, 0.29) is 12.5 Å². The molecule has 0 heterocycles. The number of hydrogen-bond acceptors (Lipinski definition) is 4. The predicted octanol–water partition coefficient (Wildman–Crippen LogP) is 1.12. The monoisotopic (exact) mass is 247 g/mol. The van der Waals surface area contributed by atoms with Crippen molar-refractivity contribution in [2.75, 3.05) is 32.1 Å². The Balaban J connectivity index is 2.29. The highest BCUT2D eigenvalue weighted by molar-refractivity contribution is 5.92. The Labute approximate surface area is 107 Å². The van der Waals surface area contributed by atoms with Gasteiger partial charge in [0.1, 0.15) is 0 Å². The fourth-order valence-electron chi connectivity index (χ4n) is 1.42. The zero-order valence-corrected chi connectivity index (χ0v) is 10.4. The van der Waals surface area contributed by atoms with Crippen LogP contribution in [0.25, 0.3) is 0 Å². The topological polar surface area (TPSA) is 74.2 Å². The van der Waals surface area contributed by atoms with E-state index >= 15 is 0 Å². The zero-order valence-electron chi connectivity index (χ0n) is 10.4. The second-order valence-corrected chi connectivity index (χ2v) is 3.76. The summed E-state index contributed by atoms with van der Waals surface area (Å²) >= 11 is 0. The van der Waals surface area contributed by atoms with Gasteiger partial charge in [-0.2, -0.15) is 5.26 Å². The summed E-state index contributed by atoms with van der Waals surface area (Å²) in [6.45, 7) is 1.67. The second kappa shape index (κ2) is 8.23. The van der Waals surface area contributed by atoms with Gasteiger partial charge < -0.3 is 15.4 Å². The number of carbonyl (C=O) groups is 1. The van der Waals surface area contributed by atoms with Crippen LogP contribution in [0, 0.1) is 11.3 Å². The lowest BCUT2D eigenvalue weighted by Gasteiger charge is -2.06. The molecule has 18 heavy (non-hydrogen) atoms. The molecule has 0 aliphatic carbocycles. The van der Waals surface area contributed by atoms with E-state index in [4.69, 9.17) is 10.00 Å². The van der Waals surface area contributed by atoms with E-state index in [2.05, 4.69) is 10.6 Å². The van der Waals surface area contributed by atoms with E-state index in [9.17, 15) is 4.79 Å². The lowest BCUT2D eigenvalue weighted by Crippen LogP contribution is -2.29. The molecule has 0 aliphatic heterocycles. The van der Waals surface area contributed by atoms with Gasteiger partial charge in [0, 0.05) is 19.4 Å². The summed E-state index contributed by atoms with van der Waals surface area (Å²) in [7, 11) is 1.65. The number of rotatable bonds is 7. The summed E-state index contributed by atoms with van der Waals surface area (Å²) < 4.78 is 4.90. The number of carbonyl (C=O) groups excluding carboxylic acids is 1. The first-order valence-electron chi connectivity index (χ1n) is 5.76. The quantitative estimate of drug-likeness (QED) is 0.708. The van der Waals surface area contributed by atoms with Gasteiger partial charge in [-0.15, -0.1) is 0 Å². The van der Waals surface area contributed by atoms with Crippen molar-refractivity contribution in [3.8, 4) is 6.07 Å². The van der Waals surface area contributed by atoms with Crippen molar-refractivity contribution in [3.05, 3.63) is 29.8 Å². The number of nitriles is 1. The third kappa shape index (κ3) is 5.43. The Morgan fingerprint density at radius 2 is 2.33 bits per heavy atom. The maximum atomic E-state index is 11.6. The van der Waals surface area contributed by atoms with Crippen molar-refractivity contribution >= 4 is 11.6 Å². The first kappa shape index (κ1) is 14.2. The molecule has 0 aromatic heterocycles. The van der Waals surface area contributed by atoms with Crippen LogP contribution in [0.1, 0.15) is 12.0 Å². The van der Waals surface area contributed by atoms with Crippen molar-refractivity contribution in [2.45, 2.75) is 6.42 Å². The van der Waals surface area contributed by atoms with Crippen molar-refractivity contribution < 1.29 is 9.53 Å². The minimum Gasteiger partial charge on any atom is -0.385 e. The predicted molar refractivity (Wildman–Crippen MR) is 69.1 cm³/mol. The number of amides is 1. The highest BCUT2D eigenvalue weighted by Gasteiger charge is 2.02. The number of methoxy groups -OCH3 is 1. The van der Waals surface area contributed by atoms with Crippen molar-refractivity contribution in [1.29, 1.82) is 5.26 Å². The number of anilines is 1. The van der Waals surface area contributed by atoms with E-state index in [0.717, 1.165) is 13.0 Å². The van der Waals surface area contributed by atoms with Crippen LogP contribution in [-0.2, 0) is 9.53 Å². The highest BCUT2D eigenvalue weighted by atomic mass is 16.5. The molecule has 1 amide bonds. The van der Waals surface area contributed by atoms with Crippen LogP contribution in [0.4, 0.5) is 5.69 Å². The number of hydrogen-bond donors (Lipinski definition) is 2. The number of benzene rings is 1. The molecule has 0 saturated heterocycles. The van der Waals surface area contributed by atoms with E-state index < -0.39 is 0 Å². The van der Waals surface area contributed by atoms with Gasteiger partial charge in [-0.3, -0.25) is 4.79 Å². The number of nitrogens with zero attached hydrogens (tertiary/aromatic N) is 1. The summed E-state index contributed by atoms with van der Waals surface area (Å²) in [5.41, 5.74) is 1.17. The fraction of sp³-hybridized carbons (Fsp3) is 0.385. The van der Waals surface area contributed by atoms with Crippen LogP contribution < -0.4 is 10.6 Å². The fourth-order valence-corrected chi connectivity index (χ4v) is 1.42. The van der Waals surface area contributed by atoms with Gasteiger partial charge in [-0.25, -0.2) is 0 Å². The van der Waals surface area contributed by atoms with E-state index in [1.807, 2.05) is 6.07 Å². The molecule has 2 N–H and O–H groups in total. The van der Waals surface area contributed by atoms with Gasteiger partial charge in [0.15, 0.2) is 0 Å². The first-order valence-corrected chi connectivity index (χ1v) is 5.76. The maximum absolute atomic E-state index is 11.6. The van der Waals surface area contributed by atoms with Crippen LogP contribution in [0.3, 0.4) is 0 Å². The van der Waals surface area contributed by atoms with Gasteiger partial charge in [-0.1, -0.05) is 6.07 Å². The average molecular weight is 247 g/mol. The Bertz CT molecular complexity index is 426. The molecule has 0 aliphatic rings. The molecule has 5 heteroatoms. The SMILES string of the molecule is COCCCNCC(=O)Nc1cccc(C#N)c1. The van der Waals surface area contributed by atoms with Crippen LogP contribution in [0.5, 0.6) is 0 Å². The molecule has 1 aromatic rings. The van der Waals surface area contributed by atoms with Gasteiger partial charge in [0.05, 0.1) is 18.2 Å². The van der Waals surface area contributed by atoms with Crippen LogP contribution in [0.15, 0.2) is 24.3 Å². The summed E-state index contributed by atoms with van der Waals surface area (Å²) in [5.74, 6) is -0.123. The summed E-state index contributed by atoms with van der Waals surface area (Å²) in [6, 6.07) is 8.85.